The van der Waals surface area contributed by atoms with Gasteiger partial charge in [0.1, 0.15) is 5.82 Å². The van der Waals surface area contributed by atoms with Crippen molar-refractivity contribution in [3.05, 3.63) is 35.6 Å². The quantitative estimate of drug-likeness (QED) is 0.777. The zero-order valence-corrected chi connectivity index (χ0v) is 11.0. The van der Waals surface area contributed by atoms with Crippen LogP contribution in [-0.2, 0) is 20.8 Å². The summed E-state index contributed by atoms with van der Waals surface area (Å²) in [6.07, 6.45) is 0.116. The van der Waals surface area contributed by atoms with Crippen molar-refractivity contribution in [3.8, 4) is 0 Å². The molecule has 1 aromatic carbocycles. The van der Waals surface area contributed by atoms with Crippen LogP contribution >= 0.6 is 0 Å². The maximum Gasteiger partial charge on any atom is 0.308 e. The van der Waals surface area contributed by atoms with E-state index in [0.717, 1.165) is 12.1 Å². The molecule has 5 heteroatoms. The van der Waals surface area contributed by atoms with Gasteiger partial charge in [0.05, 0.1) is 26.2 Å². The summed E-state index contributed by atoms with van der Waals surface area (Å²) >= 11 is 0. The van der Waals surface area contributed by atoms with E-state index in [4.69, 9.17) is 4.74 Å². The Bertz CT molecular complexity index is 438. The van der Waals surface area contributed by atoms with E-state index in [2.05, 4.69) is 9.64 Å². The molecule has 0 aliphatic carbocycles. The van der Waals surface area contributed by atoms with Crippen molar-refractivity contribution in [3.63, 3.8) is 0 Å². The van der Waals surface area contributed by atoms with Gasteiger partial charge >= 0.3 is 5.97 Å². The highest BCUT2D eigenvalue weighted by Gasteiger charge is 2.23. The first-order valence-corrected chi connectivity index (χ1v) is 6.32. The van der Waals surface area contributed by atoms with Gasteiger partial charge < -0.3 is 9.47 Å². The van der Waals surface area contributed by atoms with Crippen LogP contribution in [0.25, 0.3) is 0 Å². The van der Waals surface area contributed by atoms with Gasteiger partial charge in [0.15, 0.2) is 0 Å². The monoisotopic (exact) mass is 267 g/mol. The fourth-order valence-corrected chi connectivity index (χ4v) is 2.21. The summed E-state index contributed by atoms with van der Waals surface area (Å²) < 4.78 is 23.3. The first-order chi connectivity index (χ1) is 9.17. The molecule has 1 aliphatic rings. The maximum atomic E-state index is 13.1. The van der Waals surface area contributed by atoms with E-state index >= 15 is 0 Å². The Kier molecular flexibility index (Phi) is 4.87. The SMILES string of the molecule is COC(=O)CC1CN(Cc2cccc(F)c2)CCO1. The first kappa shape index (κ1) is 14.0. The van der Waals surface area contributed by atoms with Crippen LogP contribution < -0.4 is 0 Å². The average Bonchev–Trinajstić information content (AvgIpc) is 2.39. The topological polar surface area (TPSA) is 38.8 Å². The molecule has 2 rings (SSSR count). The number of esters is 1. The first-order valence-electron chi connectivity index (χ1n) is 6.32. The molecule has 1 aromatic rings. The molecule has 1 unspecified atom stereocenters. The summed E-state index contributed by atoms with van der Waals surface area (Å²) in [5, 5.41) is 0. The molecule has 1 heterocycles. The van der Waals surface area contributed by atoms with Crippen LogP contribution in [0.2, 0.25) is 0 Å². The smallest absolute Gasteiger partial charge is 0.308 e. The highest BCUT2D eigenvalue weighted by atomic mass is 19.1. The molecule has 1 atom stereocenters. The summed E-state index contributed by atoms with van der Waals surface area (Å²) in [5.41, 5.74) is 0.929. The number of ether oxygens (including phenoxy) is 2. The summed E-state index contributed by atoms with van der Waals surface area (Å²) in [6, 6.07) is 6.57. The van der Waals surface area contributed by atoms with Gasteiger partial charge in [-0.3, -0.25) is 9.69 Å². The van der Waals surface area contributed by atoms with Crippen LogP contribution in [-0.4, -0.2) is 43.8 Å². The molecule has 104 valence electrons. The third-order valence-electron chi connectivity index (χ3n) is 3.14. The largest absolute Gasteiger partial charge is 0.469 e. The van der Waals surface area contributed by atoms with Gasteiger partial charge in [-0.1, -0.05) is 12.1 Å². The van der Waals surface area contributed by atoms with E-state index in [1.807, 2.05) is 6.07 Å². The van der Waals surface area contributed by atoms with Gasteiger partial charge in [-0.15, -0.1) is 0 Å². The number of morpholine rings is 1. The second-order valence-corrected chi connectivity index (χ2v) is 4.64. The Hall–Kier alpha value is -1.46. The highest BCUT2D eigenvalue weighted by molar-refractivity contribution is 5.69. The highest BCUT2D eigenvalue weighted by Crippen LogP contribution is 2.13. The number of methoxy groups -OCH3 is 1. The molecule has 0 amide bonds. The third-order valence-corrected chi connectivity index (χ3v) is 3.14. The number of hydrogen-bond donors (Lipinski definition) is 0. The van der Waals surface area contributed by atoms with E-state index < -0.39 is 0 Å². The molecule has 19 heavy (non-hydrogen) atoms. The van der Waals surface area contributed by atoms with Crippen molar-refractivity contribution in [2.75, 3.05) is 26.8 Å². The number of nitrogens with zero attached hydrogens (tertiary/aromatic N) is 1. The summed E-state index contributed by atoms with van der Waals surface area (Å²) in [4.78, 5) is 13.4. The Balaban J connectivity index is 1.89. The standard InChI is InChI=1S/C14H18FNO3/c1-18-14(17)8-13-10-16(5-6-19-13)9-11-3-2-4-12(15)7-11/h2-4,7,13H,5-6,8-10H2,1H3. The normalized spacial score (nSPS) is 20.2. The molecular weight excluding hydrogens is 249 g/mol. The number of rotatable bonds is 4. The lowest BCUT2D eigenvalue weighted by atomic mass is 10.1. The lowest BCUT2D eigenvalue weighted by molar-refractivity contribution is -0.145. The lowest BCUT2D eigenvalue weighted by Crippen LogP contribution is -2.42. The number of halogens is 1. The van der Waals surface area contributed by atoms with Crippen molar-refractivity contribution in [1.29, 1.82) is 0 Å². The number of hydrogen-bond acceptors (Lipinski definition) is 4. The zero-order valence-electron chi connectivity index (χ0n) is 11.0. The van der Waals surface area contributed by atoms with Crippen LogP contribution in [0.3, 0.4) is 0 Å². The second kappa shape index (κ2) is 6.63. The number of carbonyl (C=O) groups is 1. The van der Waals surface area contributed by atoms with E-state index in [0.29, 0.717) is 19.7 Å². The predicted octanol–water partition coefficient (Wildman–Crippen LogP) is 1.59. The Morgan fingerprint density at radius 2 is 2.42 bits per heavy atom. The molecule has 0 aromatic heterocycles. The molecule has 1 aliphatic heterocycles. The molecule has 0 radical (unpaired) electrons. The Morgan fingerprint density at radius 3 is 3.16 bits per heavy atom. The second-order valence-electron chi connectivity index (χ2n) is 4.64. The van der Waals surface area contributed by atoms with E-state index in [-0.39, 0.29) is 24.3 Å². The van der Waals surface area contributed by atoms with Crippen molar-refractivity contribution in [2.24, 2.45) is 0 Å². The van der Waals surface area contributed by atoms with Crippen LogP contribution in [0.15, 0.2) is 24.3 Å². The van der Waals surface area contributed by atoms with Crippen LogP contribution in [0.5, 0.6) is 0 Å². The fourth-order valence-electron chi connectivity index (χ4n) is 2.21. The minimum absolute atomic E-state index is 0.144. The minimum Gasteiger partial charge on any atom is -0.469 e. The summed E-state index contributed by atoms with van der Waals surface area (Å²) in [5.74, 6) is -0.491. The molecule has 0 saturated carbocycles. The third kappa shape index (κ3) is 4.29. The average molecular weight is 267 g/mol. The minimum atomic E-state index is -0.266. The molecule has 4 nitrogen and oxygen atoms in total. The Morgan fingerprint density at radius 1 is 1.58 bits per heavy atom. The molecule has 0 bridgehead atoms. The van der Waals surface area contributed by atoms with Gasteiger partial charge in [-0.25, -0.2) is 4.39 Å². The molecular formula is C14H18FNO3. The van der Waals surface area contributed by atoms with E-state index in [1.54, 1.807) is 6.07 Å². The van der Waals surface area contributed by atoms with Gasteiger partial charge in [-0.05, 0) is 17.7 Å². The van der Waals surface area contributed by atoms with Gasteiger partial charge in [0, 0.05) is 19.6 Å². The van der Waals surface area contributed by atoms with Crippen LogP contribution in [0.1, 0.15) is 12.0 Å². The van der Waals surface area contributed by atoms with Crippen LogP contribution in [0, 0.1) is 5.82 Å². The van der Waals surface area contributed by atoms with Gasteiger partial charge in [-0.2, -0.15) is 0 Å². The molecule has 1 fully saturated rings. The van der Waals surface area contributed by atoms with E-state index in [1.165, 1.54) is 19.2 Å². The molecule has 0 N–H and O–H groups in total. The maximum absolute atomic E-state index is 13.1. The number of carbonyl (C=O) groups excluding carboxylic acids is 1. The van der Waals surface area contributed by atoms with E-state index in [9.17, 15) is 9.18 Å². The fraction of sp³-hybridized carbons (Fsp3) is 0.500. The van der Waals surface area contributed by atoms with Gasteiger partial charge in [0.2, 0.25) is 0 Å². The predicted molar refractivity (Wildman–Crippen MR) is 68.1 cm³/mol. The van der Waals surface area contributed by atoms with Crippen molar-refractivity contribution in [2.45, 2.75) is 19.1 Å². The number of benzene rings is 1. The summed E-state index contributed by atoms with van der Waals surface area (Å²) in [7, 11) is 1.37. The lowest BCUT2D eigenvalue weighted by Gasteiger charge is -2.32. The summed E-state index contributed by atoms with van der Waals surface area (Å²) in [6.45, 7) is 2.69. The molecule has 1 saturated heterocycles. The van der Waals surface area contributed by atoms with Crippen molar-refractivity contribution in [1.82, 2.24) is 4.90 Å². The van der Waals surface area contributed by atoms with Crippen molar-refractivity contribution < 1.29 is 18.7 Å². The molecule has 0 spiro atoms. The van der Waals surface area contributed by atoms with Gasteiger partial charge in [0.25, 0.3) is 0 Å². The Labute approximate surface area is 112 Å². The van der Waals surface area contributed by atoms with Crippen molar-refractivity contribution >= 4 is 5.97 Å². The van der Waals surface area contributed by atoms with Crippen LogP contribution in [0.4, 0.5) is 4.39 Å². The zero-order chi connectivity index (χ0) is 13.7.